The molecular weight excluding hydrogens is 718 g/mol. The van der Waals surface area contributed by atoms with Gasteiger partial charge in [0.1, 0.15) is 18.0 Å². The van der Waals surface area contributed by atoms with Gasteiger partial charge in [0, 0.05) is 48.5 Å². The van der Waals surface area contributed by atoms with E-state index in [1.807, 2.05) is 32.9 Å². The summed E-state index contributed by atoms with van der Waals surface area (Å²) in [6.07, 6.45) is 11.3. The Morgan fingerprint density at radius 2 is 1.85 bits per heavy atom. The Kier molecular flexibility index (Phi) is 13.6. The van der Waals surface area contributed by atoms with E-state index in [4.69, 9.17) is 0 Å². The maximum Gasteiger partial charge on any atom is 1.00 e. The molecule has 1 aromatic carbocycles. The van der Waals surface area contributed by atoms with Gasteiger partial charge in [-0.15, -0.1) is 0 Å². The van der Waals surface area contributed by atoms with E-state index in [0.717, 1.165) is 69.2 Å². The molecule has 0 aromatic heterocycles. The molecule has 4 fully saturated rings. The molecule has 5 N–H and O–H groups in total. The summed E-state index contributed by atoms with van der Waals surface area (Å²) in [5, 5.41) is 41.9. The van der Waals surface area contributed by atoms with Gasteiger partial charge in [0.25, 0.3) is 10.2 Å². The quantitative estimate of drug-likeness (QED) is 0.228. The van der Waals surface area contributed by atoms with Crippen molar-refractivity contribution in [2.24, 2.45) is 34.5 Å². The van der Waals surface area contributed by atoms with Crippen LogP contribution in [0.2, 0.25) is 0 Å². The van der Waals surface area contributed by atoms with Crippen LogP contribution in [0, 0.1) is 34.5 Å². The van der Waals surface area contributed by atoms with Crippen LogP contribution in [0.15, 0.2) is 42.0 Å². The molecule has 54 heavy (non-hydrogen) atoms. The third kappa shape index (κ3) is 7.63. The van der Waals surface area contributed by atoms with Crippen molar-refractivity contribution in [2.45, 2.75) is 116 Å². The van der Waals surface area contributed by atoms with Gasteiger partial charge in [0.2, 0.25) is 0 Å². The molecular formula is C41H62N3NaO8S. The number of likely N-dealkylation sites (tertiary alicyclic amines) is 1. The van der Waals surface area contributed by atoms with E-state index in [1.165, 1.54) is 9.87 Å². The number of hydrogen-bond acceptors (Lipinski definition) is 9. The van der Waals surface area contributed by atoms with Crippen molar-refractivity contribution in [2.75, 3.05) is 32.8 Å². The van der Waals surface area contributed by atoms with E-state index in [9.17, 15) is 38.4 Å². The number of fused-ring (bicyclic) bond motifs is 7. The molecule has 10 atom stereocenters. The molecule has 0 radical (unpaired) electrons. The number of aromatic hydroxyl groups is 1. The van der Waals surface area contributed by atoms with E-state index >= 15 is 0 Å². The van der Waals surface area contributed by atoms with Crippen LogP contribution >= 0.6 is 0 Å². The molecule has 1 aliphatic heterocycles. The summed E-state index contributed by atoms with van der Waals surface area (Å²) in [4.78, 5) is 26.6. The third-order valence-electron chi connectivity index (χ3n) is 14.3. The largest absolute Gasteiger partial charge is 1.00 e. The van der Waals surface area contributed by atoms with Crippen LogP contribution < -0.4 is 34.3 Å². The van der Waals surface area contributed by atoms with Gasteiger partial charge >= 0.3 is 29.6 Å². The molecule has 5 aliphatic carbocycles. The summed E-state index contributed by atoms with van der Waals surface area (Å²) in [5.41, 5.74) is 0.738. The Bertz CT molecular complexity index is 1740. The fourth-order valence-corrected chi connectivity index (χ4v) is 13.2. The Morgan fingerprint density at radius 3 is 2.52 bits per heavy atom. The van der Waals surface area contributed by atoms with Crippen molar-refractivity contribution >= 4 is 21.8 Å². The van der Waals surface area contributed by atoms with E-state index < -0.39 is 39.7 Å². The molecule has 1 aromatic rings. The normalized spacial score (nSPS) is 37.0. The third-order valence-corrected chi connectivity index (χ3v) is 16.2. The Balaban J connectivity index is 0.000000236. The van der Waals surface area contributed by atoms with Crippen LogP contribution in [0.5, 0.6) is 5.75 Å². The molecule has 1 saturated heterocycles. The first kappa shape index (κ1) is 43.7. The summed E-state index contributed by atoms with van der Waals surface area (Å²) in [6, 6.07) is 6.13. The van der Waals surface area contributed by atoms with Crippen molar-refractivity contribution in [3.05, 3.63) is 53.1 Å². The zero-order valence-corrected chi connectivity index (χ0v) is 35.9. The molecule has 6 aliphatic rings. The number of nitrogens with one attached hydrogen (secondary N) is 1. The first-order chi connectivity index (χ1) is 25.1. The number of benzene rings is 1. The molecule has 0 unspecified atom stereocenters. The maximum absolute atomic E-state index is 12.7. The number of phenols is 1. The molecule has 13 heteroatoms. The summed E-state index contributed by atoms with van der Waals surface area (Å²) >= 11 is 0. The smallest absolute Gasteiger partial charge is 1.00 e. The van der Waals surface area contributed by atoms with Crippen LogP contribution in [-0.2, 0) is 32.6 Å². The molecule has 3 saturated carbocycles. The number of nitrogens with zero attached hydrogens (tertiary/aromatic N) is 2. The number of phenolic OH excluding ortho intramolecular Hbond substituents is 1. The zero-order valence-electron chi connectivity index (χ0n) is 34.1. The predicted molar refractivity (Wildman–Crippen MR) is 204 cm³/mol. The van der Waals surface area contributed by atoms with Crippen LogP contribution in [0.4, 0.5) is 0 Å². The zero-order chi connectivity index (χ0) is 38.5. The van der Waals surface area contributed by atoms with Gasteiger partial charge in [-0.2, -0.15) is 17.4 Å². The molecule has 296 valence electrons. The summed E-state index contributed by atoms with van der Waals surface area (Å²) < 4.78 is 29.8. The number of allylic oxidation sites excluding steroid dienone is 4. The second-order valence-electron chi connectivity index (χ2n) is 17.0. The SMILES string of the molecule is CCCN1C[C@@H](NS(=O)(=O)N(CC)CC)C[C@@H]2Cc3c(O)cccc3C[C@H]21.C[C@]12C=CC(=O)C=C1CC[C@@H]1[C@@H]2[C@@H](O)C[C@@]2(C)[C@H]1CC[C@]2(O)C(=O)CO.[H-].[Na+]. The van der Waals surface area contributed by atoms with Crippen LogP contribution in [0.3, 0.4) is 0 Å². The average Bonchev–Trinajstić information content (AvgIpc) is 3.38. The number of carbonyl (C=O) groups excluding carboxylic acids is 2. The number of hydrogen-bond donors (Lipinski definition) is 5. The maximum atomic E-state index is 12.7. The van der Waals surface area contributed by atoms with E-state index in [0.29, 0.717) is 43.6 Å². The standard InChI is InChI=1S/C21H28O5.C20H33N3O3S.Na.H/c1-19-7-5-13(23)9-12(19)3-4-14-15-6-8-21(26,17(25)11-22)20(15,2)10-16(24)18(14)19;1-4-10-22-14-17(21-27(25,26)23(5-2)6-3)11-16-12-18-15(13-19(16)22)8-7-9-20(18)24;;/h5,7,9,14-16,18,22,24,26H,3-4,6,8,10-11H2,1-2H3;7-9,16-17,19,21,24H,4-6,10-14H2,1-3H3;;/q;;+1;-1/t14-,15-,16-,18+,19-,20-,21-;16-,17+,19-;;/m01../s1. The molecule has 7 rings (SSSR count). The van der Waals surface area contributed by atoms with Gasteiger partial charge in [-0.25, -0.2) is 0 Å². The fraction of sp³-hybridized carbons (Fsp3) is 0.707. The van der Waals surface area contributed by atoms with Gasteiger partial charge in [0.05, 0.1) is 6.10 Å². The molecule has 1 heterocycles. The van der Waals surface area contributed by atoms with Crippen molar-refractivity contribution < 1.29 is 69.4 Å². The number of Topliss-reactive ketones (excluding diaryl/α,β-unsaturated/α-hetero) is 1. The average molecular weight is 780 g/mol. The van der Waals surface area contributed by atoms with Gasteiger partial charge in [-0.05, 0) is 111 Å². The minimum atomic E-state index is -3.46. The Morgan fingerprint density at radius 1 is 1.13 bits per heavy atom. The van der Waals surface area contributed by atoms with Gasteiger partial charge in [-0.1, -0.05) is 58.4 Å². The monoisotopic (exact) mass is 779 g/mol. The molecule has 0 bridgehead atoms. The topological polar surface area (TPSA) is 168 Å². The van der Waals surface area contributed by atoms with Crippen LogP contribution in [0.25, 0.3) is 0 Å². The van der Waals surface area contributed by atoms with Gasteiger partial charge in [0.15, 0.2) is 11.6 Å². The Hall–Kier alpha value is -1.45. The van der Waals surface area contributed by atoms with Crippen molar-refractivity contribution in [1.29, 1.82) is 0 Å². The van der Waals surface area contributed by atoms with E-state index in [2.05, 4.69) is 29.5 Å². The summed E-state index contributed by atoms with van der Waals surface area (Å²) in [7, 11) is -3.46. The van der Waals surface area contributed by atoms with Gasteiger partial charge in [-0.3, -0.25) is 14.5 Å². The number of ketones is 2. The number of carbonyl (C=O) groups is 2. The number of aliphatic hydroxyl groups is 3. The number of rotatable bonds is 9. The molecule has 0 spiro atoms. The summed E-state index contributed by atoms with van der Waals surface area (Å²) in [6.45, 7) is 11.9. The van der Waals surface area contributed by atoms with Crippen LogP contribution in [-0.4, -0.2) is 106 Å². The van der Waals surface area contributed by atoms with E-state index in [-0.39, 0.29) is 66.0 Å². The summed E-state index contributed by atoms with van der Waals surface area (Å²) in [5.74, 6) is 0.504. The first-order valence-corrected chi connectivity index (χ1v) is 21.3. The number of aliphatic hydroxyl groups excluding tert-OH is 2. The fourth-order valence-electron chi connectivity index (χ4n) is 11.8. The van der Waals surface area contributed by atoms with Crippen molar-refractivity contribution in [1.82, 2.24) is 13.9 Å². The van der Waals surface area contributed by atoms with Crippen molar-refractivity contribution in [3.8, 4) is 5.75 Å². The van der Waals surface area contributed by atoms with Crippen LogP contribution in [0.1, 0.15) is 92.1 Å². The Labute approximate surface area is 345 Å². The second-order valence-corrected chi connectivity index (χ2v) is 18.7. The van der Waals surface area contributed by atoms with Gasteiger partial charge < -0.3 is 21.9 Å². The van der Waals surface area contributed by atoms with E-state index in [1.54, 1.807) is 18.2 Å². The second kappa shape index (κ2) is 16.8. The molecule has 11 nitrogen and oxygen atoms in total. The minimum absolute atomic E-state index is 0. The van der Waals surface area contributed by atoms with Crippen molar-refractivity contribution in [3.63, 3.8) is 0 Å². The first-order valence-electron chi connectivity index (χ1n) is 19.9. The minimum Gasteiger partial charge on any atom is -1.00 e. The number of piperidine rings is 1. The molecule has 0 amide bonds. The predicted octanol–water partition coefficient (Wildman–Crippen LogP) is 0.810.